The fraction of sp³-hybridized carbons (Fsp3) is 0.455. The Bertz CT molecular complexity index is 337. The minimum Gasteiger partial charge on any atom is -0.381 e. The highest BCUT2D eigenvalue weighted by Crippen LogP contribution is 2.25. The van der Waals surface area contributed by atoms with E-state index in [1.54, 1.807) is 0 Å². The van der Waals surface area contributed by atoms with Crippen molar-refractivity contribution in [1.82, 2.24) is 5.32 Å². The van der Waals surface area contributed by atoms with Gasteiger partial charge in [0.15, 0.2) is 0 Å². The van der Waals surface area contributed by atoms with Crippen molar-refractivity contribution in [2.24, 2.45) is 0 Å². The highest BCUT2D eigenvalue weighted by Gasteiger charge is 2.13. The molecule has 1 aromatic rings. The Hall–Kier alpha value is -0.000000000000000132. The van der Waals surface area contributed by atoms with Crippen molar-refractivity contribution in [3.63, 3.8) is 0 Å². The van der Waals surface area contributed by atoms with Crippen LogP contribution in [-0.4, -0.2) is 19.1 Å². The van der Waals surface area contributed by atoms with Gasteiger partial charge in [-0.1, -0.05) is 11.6 Å². The number of hydrogen-bond donors (Lipinski definition) is 2. The normalized spacial score (nSPS) is 17.7. The molecule has 0 aliphatic carbocycles. The average molecular weight is 337 g/mol. The van der Waals surface area contributed by atoms with Crippen molar-refractivity contribution in [3.05, 3.63) is 26.8 Å². The number of benzene rings is 1. The van der Waals surface area contributed by atoms with Crippen LogP contribution in [0.15, 0.2) is 18.2 Å². The number of anilines is 1. The van der Waals surface area contributed by atoms with E-state index >= 15 is 0 Å². The molecule has 0 unspecified atom stereocenters. The van der Waals surface area contributed by atoms with Gasteiger partial charge in [0.1, 0.15) is 0 Å². The summed E-state index contributed by atoms with van der Waals surface area (Å²) in [6.07, 6.45) is 2.34. The van der Waals surface area contributed by atoms with Crippen LogP contribution in [0.3, 0.4) is 0 Å². The first-order valence-corrected chi connectivity index (χ1v) is 6.63. The number of halogens is 2. The molecule has 1 aliphatic heterocycles. The van der Waals surface area contributed by atoms with Crippen LogP contribution in [0, 0.1) is 3.57 Å². The fourth-order valence-electron chi connectivity index (χ4n) is 1.79. The molecule has 1 aliphatic rings. The Morgan fingerprint density at radius 1 is 1.33 bits per heavy atom. The van der Waals surface area contributed by atoms with Crippen LogP contribution in [0.4, 0.5) is 5.69 Å². The third-order valence-electron chi connectivity index (χ3n) is 2.63. The van der Waals surface area contributed by atoms with Gasteiger partial charge in [-0.25, -0.2) is 0 Å². The minimum absolute atomic E-state index is 0.559. The lowest BCUT2D eigenvalue weighted by atomic mass is 10.1. The van der Waals surface area contributed by atoms with E-state index in [2.05, 4.69) is 45.4 Å². The second-order valence-electron chi connectivity index (χ2n) is 3.79. The Morgan fingerprint density at radius 2 is 2.07 bits per heavy atom. The molecule has 0 aromatic heterocycles. The van der Waals surface area contributed by atoms with E-state index < -0.39 is 0 Å². The van der Waals surface area contributed by atoms with E-state index in [1.165, 1.54) is 16.4 Å². The van der Waals surface area contributed by atoms with Crippen LogP contribution in [0.25, 0.3) is 0 Å². The van der Waals surface area contributed by atoms with Crippen LogP contribution in [-0.2, 0) is 0 Å². The first-order chi connectivity index (χ1) is 7.25. The van der Waals surface area contributed by atoms with Gasteiger partial charge in [0.05, 0.1) is 10.7 Å². The molecular formula is C11H14ClIN2. The summed E-state index contributed by atoms with van der Waals surface area (Å²) in [5.41, 5.74) is 1.06. The lowest BCUT2D eigenvalue weighted by Gasteiger charge is -2.25. The zero-order chi connectivity index (χ0) is 10.7. The molecule has 2 nitrogen and oxygen atoms in total. The Kier molecular flexibility index (Phi) is 4.11. The van der Waals surface area contributed by atoms with E-state index in [0.29, 0.717) is 6.04 Å². The summed E-state index contributed by atoms with van der Waals surface area (Å²) < 4.78 is 1.17. The molecule has 82 valence electrons. The summed E-state index contributed by atoms with van der Waals surface area (Å²) in [5.74, 6) is 0. The zero-order valence-corrected chi connectivity index (χ0v) is 11.3. The van der Waals surface area contributed by atoms with Gasteiger partial charge in [-0.05, 0) is 66.7 Å². The van der Waals surface area contributed by atoms with E-state index in [4.69, 9.17) is 11.6 Å². The molecule has 1 aromatic carbocycles. The molecule has 2 rings (SSSR count). The van der Waals surface area contributed by atoms with Crippen molar-refractivity contribution in [3.8, 4) is 0 Å². The molecular weight excluding hydrogens is 322 g/mol. The number of rotatable bonds is 2. The Labute approximate surface area is 109 Å². The monoisotopic (exact) mass is 336 g/mol. The van der Waals surface area contributed by atoms with E-state index in [1.807, 2.05) is 6.07 Å². The minimum atomic E-state index is 0.559. The zero-order valence-electron chi connectivity index (χ0n) is 8.39. The number of piperidine rings is 1. The molecule has 1 heterocycles. The summed E-state index contributed by atoms with van der Waals surface area (Å²) in [6.45, 7) is 2.19. The van der Waals surface area contributed by atoms with Gasteiger partial charge in [0.25, 0.3) is 0 Å². The van der Waals surface area contributed by atoms with Gasteiger partial charge in [0.2, 0.25) is 0 Å². The van der Waals surface area contributed by atoms with Gasteiger partial charge < -0.3 is 10.6 Å². The number of hydrogen-bond acceptors (Lipinski definition) is 2. The number of nitrogens with one attached hydrogen (secondary N) is 2. The molecule has 2 N–H and O–H groups in total. The van der Waals surface area contributed by atoms with Crippen molar-refractivity contribution in [2.75, 3.05) is 18.4 Å². The standard InChI is InChI=1S/C11H14ClIN2/c12-10-7-8(13)1-2-11(10)15-9-3-5-14-6-4-9/h1-2,7,9,14-15H,3-6H2. The van der Waals surface area contributed by atoms with Gasteiger partial charge >= 0.3 is 0 Å². The molecule has 0 bridgehead atoms. The van der Waals surface area contributed by atoms with Gasteiger partial charge in [-0.15, -0.1) is 0 Å². The van der Waals surface area contributed by atoms with Gasteiger partial charge in [-0.3, -0.25) is 0 Å². The second-order valence-corrected chi connectivity index (χ2v) is 5.45. The smallest absolute Gasteiger partial charge is 0.0648 e. The van der Waals surface area contributed by atoms with Crippen molar-refractivity contribution < 1.29 is 0 Å². The molecule has 1 saturated heterocycles. The first-order valence-electron chi connectivity index (χ1n) is 5.18. The van der Waals surface area contributed by atoms with Crippen LogP contribution in [0.2, 0.25) is 5.02 Å². The van der Waals surface area contributed by atoms with Crippen molar-refractivity contribution in [2.45, 2.75) is 18.9 Å². The van der Waals surface area contributed by atoms with Crippen LogP contribution in [0.5, 0.6) is 0 Å². The topological polar surface area (TPSA) is 24.1 Å². The highest BCUT2D eigenvalue weighted by atomic mass is 127. The second kappa shape index (κ2) is 5.37. The maximum absolute atomic E-state index is 6.17. The fourth-order valence-corrected chi connectivity index (χ4v) is 2.70. The molecule has 1 fully saturated rings. The first kappa shape index (κ1) is 11.5. The van der Waals surface area contributed by atoms with E-state index in [9.17, 15) is 0 Å². The molecule has 0 atom stereocenters. The van der Waals surface area contributed by atoms with Gasteiger partial charge in [0, 0.05) is 9.61 Å². The maximum Gasteiger partial charge on any atom is 0.0648 e. The predicted octanol–water partition coefficient (Wildman–Crippen LogP) is 3.11. The molecule has 15 heavy (non-hydrogen) atoms. The third kappa shape index (κ3) is 3.23. The van der Waals surface area contributed by atoms with Crippen LogP contribution in [0.1, 0.15) is 12.8 Å². The van der Waals surface area contributed by atoms with Crippen LogP contribution >= 0.6 is 34.2 Å². The van der Waals surface area contributed by atoms with E-state index in [-0.39, 0.29) is 0 Å². The summed E-state index contributed by atoms with van der Waals surface area (Å²) in [6, 6.07) is 6.69. The van der Waals surface area contributed by atoms with Crippen LogP contribution < -0.4 is 10.6 Å². The largest absolute Gasteiger partial charge is 0.381 e. The average Bonchev–Trinajstić information content (AvgIpc) is 2.24. The third-order valence-corrected chi connectivity index (χ3v) is 3.61. The summed E-state index contributed by atoms with van der Waals surface area (Å²) in [5, 5.41) is 7.67. The lowest BCUT2D eigenvalue weighted by Crippen LogP contribution is -2.35. The lowest BCUT2D eigenvalue weighted by molar-refractivity contribution is 0.479. The van der Waals surface area contributed by atoms with Crippen molar-refractivity contribution >= 4 is 39.9 Å². The summed E-state index contributed by atoms with van der Waals surface area (Å²) in [7, 11) is 0. The quantitative estimate of drug-likeness (QED) is 0.811. The van der Waals surface area contributed by atoms with Crippen molar-refractivity contribution in [1.29, 1.82) is 0 Å². The maximum atomic E-state index is 6.17. The Balaban J connectivity index is 2.03. The molecule has 4 heteroatoms. The molecule has 0 saturated carbocycles. The summed E-state index contributed by atoms with van der Waals surface area (Å²) in [4.78, 5) is 0. The van der Waals surface area contributed by atoms with Gasteiger partial charge in [-0.2, -0.15) is 0 Å². The molecule has 0 radical (unpaired) electrons. The summed E-state index contributed by atoms with van der Waals surface area (Å²) >= 11 is 8.44. The van der Waals surface area contributed by atoms with E-state index in [0.717, 1.165) is 23.8 Å². The SMILES string of the molecule is Clc1cc(I)ccc1NC1CCNCC1. The predicted molar refractivity (Wildman–Crippen MR) is 73.7 cm³/mol. The molecule has 0 amide bonds. The Morgan fingerprint density at radius 3 is 2.73 bits per heavy atom. The highest BCUT2D eigenvalue weighted by molar-refractivity contribution is 14.1. The molecule has 0 spiro atoms.